The van der Waals surface area contributed by atoms with E-state index < -0.39 is 28.5 Å². The number of benzene rings is 1. The van der Waals surface area contributed by atoms with Crippen molar-refractivity contribution in [2.24, 2.45) is 11.7 Å². The average molecular weight is 384 g/mol. The van der Waals surface area contributed by atoms with Gasteiger partial charge in [0.25, 0.3) is 0 Å². The summed E-state index contributed by atoms with van der Waals surface area (Å²) in [6, 6.07) is 1.82. The van der Waals surface area contributed by atoms with Crippen molar-refractivity contribution in [1.82, 2.24) is 0 Å². The first kappa shape index (κ1) is 20.1. The van der Waals surface area contributed by atoms with Gasteiger partial charge in [0, 0.05) is 16.1 Å². The third-order valence-electron chi connectivity index (χ3n) is 3.09. The summed E-state index contributed by atoms with van der Waals surface area (Å²) in [5.41, 5.74) is 5.65. The first-order chi connectivity index (χ1) is 9.23. The molecule has 0 heterocycles. The maximum atomic E-state index is 10.9. The Morgan fingerprint density at radius 2 is 1.95 bits per heavy atom. The van der Waals surface area contributed by atoms with Crippen LogP contribution >= 0.6 is 28.3 Å². The van der Waals surface area contributed by atoms with Gasteiger partial charge in [0.1, 0.15) is 0 Å². The second-order valence-electron chi connectivity index (χ2n) is 5.18. The highest BCUT2D eigenvalue weighted by Gasteiger charge is 2.26. The second-order valence-corrected chi connectivity index (χ2v) is 6.10. The SMILES string of the molecule is CC(C)CC[C@H](O)[C@H](N)c1cc(Br)cc([N+](=O)[O-])c1O.Cl. The summed E-state index contributed by atoms with van der Waals surface area (Å²) in [4.78, 5) is 10.2. The van der Waals surface area contributed by atoms with Gasteiger partial charge in [-0.05, 0) is 24.8 Å². The third-order valence-corrected chi connectivity index (χ3v) is 3.55. The number of hydrogen-bond acceptors (Lipinski definition) is 5. The van der Waals surface area contributed by atoms with Crippen molar-refractivity contribution in [3.05, 3.63) is 32.3 Å². The van der Waals surface area contributed by atoms with Gasteiger partial charge in [-0.3, -0.25) is 10.1 Å². The molecule has 1 aromatic carbocycles. The van der Waals surface area contributed by atoms with Crippen LogP contribution in [0, 0.1) is 16.0 Å². The van der Waals surface area contributed by atoms with Crippen molar-refractivity contribution in [3.8, 4) is 5.75 Å². The predicted molar refractivity (Wildman–Crippen MR) is 86.7 cm³/mol. The van der Waals surface area contributed by atoms with E-state index in [-0.39, 0.29) is 18.0 Å². The molecule has 0 aliphatic rings. The Morgan fingerprint density at radius 1 is 1.38 bits per heavy atom. The van der Waals surface area contributed by atoms with Gasteiger partial charge in [-0.2, -0.15) is 0 Å². The van der Waals surface area contributed by atoms with E-state index in [0.29, 0.717) is 16.8 Å². The molecule has 21 heavy (non-hydrogen) atoms. The number of aromatic hydroxyl groups is 1. The number of nitrogens with zero attached hydrogens (tertiary/aromatic N) is 1. The molecule has 2 atom stereocenters. The van der Waals surface area contributed by atoms with E-state index in [2.05, 4.69) is 15.9 Å². The molecule has 0 unspecified atom stereocenters. The van der Waals surface area contributed by atoms with Crippen LogP contribution in [-0.2, 0) is 0 Å². The van der Waals surface area contributed by atoms with E-state index in [1.807, 2.05) is 13.8 Å². The van der Waals surface area contributed by atoms with Crippen LogP contribution in [0.3, 0.4) is 0 Å². The molecular weight excluding hydrogens is 364 g/mol. The molecule has 0 fully saturated rings. The van der Waals surface area contributed by atoms with Gasteiger partial charge in [0.2, 0.25) is 0 Å². The quantitative estimate of drug-likeness (QED) is 0.516. The number of hydrogen-bond donors (Lipinski definition) is 3. The molecule has 6 nitrogen and oxygen atoms in total. The minimum Gasteiger partial charge on any atom is -0.502 e. The minimum atomic E-state index is -0.870. The molecular formula is C13H20BrClN2O4. The van der Waals surface area contributed by atoms with Crippen molar-refractivity contribution >= 4 is 34.0 Å². The van der Waals surface area contributed by atoms with E-state index in [1.54, 1.807) is 0 Å². The zero-order valence-corrected chi connectivity index (χ0v) is 14.2. The Hall–Kier alpha value is -0.890. The van der Waals surface area contributed by atoms with Gasteiger partial charge < -0.3 is 15.9 Å². The maximum Gasteiger partial charge on any atom is 0.312 e. The number of nitro benzene ring substituents is 1. The molecule has 0 saturated heterocycles. The molecule has 0 saturated carbocycles. The van der Waals surface area contributed by atoms with E-state index in [9.17, 15) is 20.3 Å². The molecule has 0 spiro atoms. The summed E-state index contributed by atoms with van der Waals surface area (Å²) in [5.74, 6) is -0.0726. The highest BCUT2D eigenvalue weighted by Crippen LogP contribution is 2.37. The zero-order valence-electron chi connectivity index (χ0n) is 11.8. The molecule has 0 amide bonds. The number of nitro groups is 1. The number of rotatable bonds is 6. The van der Waals surface area contributed by atoms with Crippen LogP contribution in [0.1, 0.15) is 38.3 Å². The van der Waals surface area contributed by atoms with Crippen LogP contribution in [0.2, 0.25) is 0 Å². The lowest BCUT2D eigenvalue weighted by Crippen LogP contribution is -2.26. The van der Waals surface area contributed by atoms with Gasteiger partial charge in [-0.1, -0.05) is 29.8 Å². The normalized spacial score (nSPS) is 13.6. The van der Waals surface area contributed by atoms with Gasteiger partial charge in [-0.15, -0.1) is 12.4 Å². The Balaban J connectivity index is 0.00000400. The summed E-state index contributed by atoms with van der Waals surface area (Å²) in [6.07, 6.45) is 0.391. The lowest BCUT2D eigenvalue weighted by molar-refractivity contribution is -0.386. The lowest BCUT2D eigenvalue weighted by Gasteiger charge is -2.21. The Labute approximate surface area is 138 Å². The molecule has 8 heteroatoms. The monoisotopic (exact) mass is 382 g/mol. The summed E-state index contributed by atoms with van der Waals surface area (Å²) in [6.45, 7) is 4.05. The highest BCUT2D eigenvalue weighted by atomic mass is 79.9. The van der Waals surface area contributed by atoms with Crippen molar-refractivity contribution < 1.29 is 15.1 Å². The highest BCUT2D eigenvalue weighted by molar-refractivity contribution is 9.10. The number of aliphatic hydroxyl groups excluding tert-OH is 1. The molecule has 1 aromatic rings. The van der Waals surface area contributed by atoms with Gasteiger partial charge in [0.05, 0.1) is 17.1 Å². The van der Waals surface area contributed by atoms with Gasteiger partial charge in [0.15, 0.2) is 5.75 Å². The van der Waals surface area contributed by atoms with Crippen molar-refractivity contribution in [1.29, 1.82) is 0 Å². The fraction of sp³-hybridized carbons (Fsp3) is 0.538. The van der Waals surface area contributed by atoms with E-state index in [4.69, 9.17) is 5.73 Å². The summed E-state index contributed by atoms with van der Waals surface area (Å²) < 4.78 is 0.434. The topological polar surface area (TPSA) is 110 Å². The van der Waals surface area contributed by atoms with Crippen LogP contribution in [0.25, 0.3) is 0 Å². The number of phenols is 1. The van der Waals surface area contributed by atoms with Crippen LogP contribution in [0.5, 0.6) is 5.75 Å². The van der Waals surface area contributed by atoms with Crippen LogP contribution < -0.4 is 5.73 Å². The van der Waals surface area contributed by atoms with E-state index in [1.165, 1.54) is 12.1 Å². The largest absolute Gasteiger partial charge is 0.502 e. The summed E-state index contributed by atoms with van der Waals surface area (Å²) >= 11 is 3.14. The fourth-order valence-electron chi connectivity index (χ4n) is 1.89. The molecule has 0 aliphatic heterocycles. The Kier molecular flexibility index (Phi) is 8.17. The smallest absolute Gasteiger partial charge is 0.312 e. The fourth-order valence-corrected chi connectivity index (χ4v) is 2.35. The van der Waals surface area contributed by atoms with Crippen molar-refractivity contribution in [3.63, 3.8) is 0 Å². The number of nitrogens with two attached hydrogens (primary N) is 1. The van der Waals surface area contributed by atoms with Gasteiger partial charge in [-0.25, -0.2) is 0 Å². The average Bonchev–Trinajstić information content (AvgIpc) is 2.36. The van der Waals surface area contributed by atoms with Crippen LogP contribution in [0.4, 0.5) is 5.69 Å². The predicted octanol–water partition coefficient (Wildman–Crippen LogP) is 3.28. The Bertz CT molecular complexity index is 499. The Morgan fingerprint density at radius 3 is 2.43 bits per heavy atom. The number of phenolic OH excluding ortho intramolecular Hbond substituents is 1. The molecule has 1 rings (SSSR count). The molecule has 0 aliphatic carbocycles. The molecule has 120 valence electrons. The van der Waals surface area contributed by atoms with E-state index in [0.717, 1.165) is 6.42 Å². The number of halogens is 2. The third kappa shape index (κ3) is 5.43. The van der Waals surface area contributed by atoms with Gasteiger partial charge >= 0.3 is 5.69 Å². The lowest BCUT2D eigenvalue weighted by atomic mass is 9.95. The minimum absolute atomic E-state index is 0. The molecule has 0 bridgehead atoms. The molecule has 4 N–H and O–H groups in total. The standard InChI is InChI=1S/C13H19BrN2O4.ClH/c1-7(2)3-4-11(17)12(15)9-5-8(14)6-10(13(9)18)16(19)20;/h5-7,11-12,17-18H,3-4,15H2,1-2H3;1H/t11-,12+;/m0./s1. The second kappa shape index (κ2) is 8.53. The first-order valence-electron chi connectivity index (χ1n) is 6.34. The zero-order chi connectivity index (χ0) is 15.4. The molecule has 0 aromatic heterocycles. The maximum absolute atomic E-state index is 10.9. The molecule has 0 radical (unpaired) electrons. The summed E-state index contributed by atoms with van der Waals surface area (Å²) in [7, 11) is 0. The van der Waals surface area contributed by atoms with Crippen molar-refractivity contribution in [2.45, 2.75) is 38.8 Å². The summed E-state index contributed by atoms with van der Waals surface area (Å²) in [5, 5.41) is 30.8. The van der Waals surface area contributed by atoms with Crippen LogP contribution in [0.15, 0.2) is 16.6 Å². The number of aliphatic hydroxyl groups is 1. The van der Waals surface area contributed by atoms with E-state index >= 15 is 0 Å². The first-order valence-corrected chi connectivity index (χ1v) is 7.13. The van der Waals surface area contributed by atoms with Crippen LogP contribution in [-0.4, -0.2) is 21.2 Å². The van der Waals surface area contributed by atoms with Crippen molar-refractivity contribution in [2.75, 3.05) is 0 Å².